The maximum atomic E-state index is 12.6. The van der Waals surface area contributed by atoms with Crippen LogP contribution in [-0.2, 0) is 30.8 Å². The van der Waals surface area contributed by atoms with Crippen molar-refractivity contribution in [3.63, 3.8) is 0 Å². The van der Waals surface area contributed by atoms with Crippen LogP contribution in [0.5, 0.6) is 11.5 Å². The number of rotatable bonds is 12. The van der Waals surface area contributed by atoms with Crippen LogP contribution in [0.3, 0.4) is 0 Å². The summed E-state index contributed by atoms with van der Waals surface area (Å²) in [6, 6.07) is 19.2. The molecule has 1 amide bonds. The van der Waals surface area contributed by atoms with Gasteiger partial charge in [0.2, 0.25) is 0 Å². The molecule has 0 unspecified atom stereocenters. The van der Waals surface area contributed by atoms with Crippen molar-refractivity contribution >= 4 is 33.3 Å². The lowest BCUT2D eigenvalue weighted by Crippen LogP contribution is -2.20. The number of anilines is 2. The Kier molecular flexibility index (Phi) is 9.29. The predicted octanol–water partition coefficient (Wildman–Crippen LogP) is 4.01. The summed E-state index contributed by atoms with van der Waals surface area (Å²) in [4.78, 5) is 23.8. The number of sulfonamides is 1. The zero-order valence-electron chi connectivity index (χ0n) is 20.0. The third kappa shape index (κ3) is 8.02. The second kappa shape index (κ2) is 12.6. The lowest BCUT2D eigenvalue weighted by Gasteiger charge is -2.11. The van der Waals surface area contributed by atoms with E-state index in [-0.39, 0.29) is 29.8 Å². The number of hydrogen-bond acceptors (Lipinski definition) is 7. The van der Waals surface area contributed by atoms with Gasteiger partial charge in [-0.25, -0.2) is 8.42 Å². The molecule has 9 nitrogen and oxygen atoms in total. The first kappa shape index (κ1) is 26.6. The summed E-state index contributed by atoms with van der Waals surface area (Å²) >= 11 is 0. The zero-order chi connectivity index (χ0) is 26.0. The number of carbonyl (C=O) groups is 2. The molecule has 0 aliphatic heterocycles. The molecule has 0 heterocycles. The highest BCUT2D eigenvalue weighted by molar-refractivity contribution is 7.92. The first-order valence-corrected chi connectivity index (χ1v) is 12.8. The topological polar surface area (TPSA) is 120 Å². The van der Waals surface area contributed by atoms with Crippen molar-refractivity contribution in [3.05, 3.63) is 78.4 Å². The molecule has 0 bridgehead atoms. The van der Waals surface area contributed by atoms with Gasteiger partial charge >= 0.3 is 5.97 Å². The highest BCUT2D eigenvalue weighted by Gasteiger charge is 2.15. The minimum absolute atomic E-state index is 0.0519. The van der Waals surface area contributed by atoms with E-state index >= 15 is 0 Å². The number of esters is 1. The molecule has 0 radical (unpaired) electrons. The number of amides is 1. The monoisotopic (exact) mass is 512 g/mol. The molecular weight excluding hydrogens is 484 g/mol. The van der Waals surface area contributed by atoms with E-state index in [0.717, 1.165) is 5.56 Å². The fourth-order valence-corrected chi connectivity index (χ4v) is 4.20. The van der Waals surface area contributed by atoms with Gasteiger partial charge in [0.25, 0.3) is 15.9 Å². The Balaban J connectivity index is 1.49. The molecule has 0 spiro atoms. The highest BCUT2D eigenvalue weighted by atomic mass is 32.2. The van der Waals surface area contributed by atoms with Gasteiger partial charge < -0.3 is 19.5 Å². The minimum Gasteiger partial charge on any atom is -0.494 e. The van der Waals surface area contributed by atoms with Gasteiger partial charge in [0.15, 0.2) is 6.61 Å². The number of ether oxygens (including phenoxy) is 3. The summed E-state index contributed by atoms with van der Waals surface area (Å²) in [6.07, 6.45) is 0.159. The molecule has 0 aliphatic carbocycles. The number of nitrogens with one attached hydrogen (secondary N) is 2. The first-order chi connectivity index (χ1) is 17.3. The molecule has 0 aromatic heterocycles. The lowest BCUT2D eigenvalue weighted by molar-refractivity contribution is -0.142. The van der Waals surface area contributed by atoms with Gasteiger partial charge in [-0.15, -0.1) is 0 Å². The summed E-state index contributed by atoms with van der Waals surface area (Å²) < 4.78 is 43.5. The van der Waals surface area contributed by atoms with E-state index in [0.29, 0.717) is 36.1 Å². The molecule has 2 N–H and O–H groups in total. The fraction of sp³-hybridized carbons (Fsp3) is 0.231. The average Bonchev–Trinajstić information content (AvgIpc) is 2.86. The highest BCUT2D eigenvalue weighted by Crippen LogP contribution is 2.21. The second-order valence-corrected chi connectivity index (χ2v) is 9.23. The van der Waals surface area contributed by atoms with E-state index < -0.39 is 10.0 Å². The smallest absolute Gasteiger partial charge is 0.310 e. The van der Waals surface area contributed by atoms with Crippen molar-refractivity contribution in [1.29, 1.82) is 0 Å². The van der Waals surface area contributed by atoms with Gasteiger partial charge in [-0.05, 0) is 80.1 Å². The van der Waals surface area contributed by atoms with Crippen molar-refractivity contribution in [1.82, 2.24) is 0 Å². The average molecular weight is 513 g/mol. The van der Waals surface area contributed by atoms with Crippen LogP contribution >= 0.6 is 0 Å². The van der Waals surface area contributed by atoms with E-state index in [1.807, 2.05) is 6.92 Å². The zero-order valence-corrected chi connectivity index (χ0v) is 20.8. The molecular formula is C26H28N2O7S. The summed E-state index contributed by atoms with van der Waals surface area (Å²) in [5.41, 5.74) is 1.73. The molecule has 3 aromatic carbocycles. The van der Waals surface area contributed by atoms with Crippen molar-refractivity contribution in [2.45, 2.75) is 25.2 Å². The number of hydrogen-bond donors (Lipinski definition) is 2. The van der Waals surface area contributed by atoms with Gasteiger partial charge in [-0.1, -0.05) is 12.1 Å². The Morgan fingerprint density at radius 2 is 1.33 bits per heavy atom. The summed E-state index contributed by atoms with van der Waals surface area (Å²) in [7, 11) is -3.80. The molecule has 0 saturated carbocycles. The molecule has 10 heteroatoms. The quantitative estimate of drug-likeness (QED) is 0.352. The van der Waals surface area contributed by atoms with Crippen molar-refractivity contribution in [2.24, 2.45) is 0 Å². The minimum atomic E-state index is -3.80. The maximum absolute atomic E-state index is 12.6. The van der Waals surface area contributed by atoms with Crippen LogP contribution in [0.15, 0.2) is 77.7 Å². The van der Waals surface area contributed by atoms with Crippen molar-refractivity contribution in [2.75, 3.05) is 29.9 Å². The van der Waals surface area contributed by atoms with E-state index in [1.54, 1.807) is 55.5 Å². The Morgan fingerprint density at radius 3 is 1.94 bits per heavy atom. The summed E-state index contributed by atoms with van der Waals surface area (Å²) in [5, 5.41) is 2.70. The van der Waals surface area contributed by atoms with Crippen LogP contribution in [0, 0.1) is 0 Å². The van der Waals surface area contributed by atoms with Gasteiger partial charge in [-0.2, -0.15) is 0 Å². The van der Waals surface area contributed by atoms with Gasteiger partial charge in [0.05, 0.1) is 24.5 Å². The molecule has 190 valence electrons. The predicted molar refractivity (Wildman–Crippen MR) is 136 cm³/mol. The molecule has 0 fully saturated rings. The molecule has 3 rings (SSSR count). The van der Waals surface area contributed by atoms with Gasteiger partial charge in [0, 0.05) is 11.4 Å². The number of carbonyl (C=O) groups excluding carboxylic acids is 2. The maximum Gasteiger partial charge on any atom is 0.310 e. The fourth-order valence-electron chi connectivity index (χ4n) is 3.15. The van der Waals surface area contributed by atoms with Crippen LogP contribution in [0.1, 0.15) is 19.4 Å². The Labute approximate surface area is 210 Å². The van der Waals surface area contributed by atoms with E-state index in [4.69, 9.17) is 14.2 Å². The van der Waals surface area contributed by atoms with Crippen LogP contribution in [-0.4, -0.2) is 40.1 Å². The Bertz CT molecular complexity index is 1260. The third-order valence-corrected chi connectivity index (χ3v) is 6.21. The normalized spacial score (nSPS) is 10.8. The first-order valence-electron chi connectivity index (χ1n) is 11.3. The third-order valence-electron chi connectivity index (χ3n) is 4.81. The molecule has 0 atom stereocenters. The lowest BCUT2D eigenvalue weighted by atomic mass is 10.1. The molecule has 0 saturated heterocycles. The standard InChI is InChI=1S/C26H28N2O7S/c1-3-33-22-11-9-21(10-12-22)28-36(31,32)24-15-13-23(14-16-24)35-18-25(29)27-20-7-5-19(6-8-20)17-26(30)34-4-2/h5-16,28H,3-4,17-18H2,1-2H3,(H,27,29). The molecule has 3 aromatic rings. The summed E-state index contributed by atoms with van der Waals surface area (Å²) in [6.45, 7) is 4.20. The van der Waals surface area contributed by atoms with Crippen LogP contribution in [0.4, 0.5) is 11.4 Å². The van der Waals surface area contributed by atoms with Gasteiger partial charge in [0.1, 0.15) is 11.5 Å². The van der Waals surface area contributed by atoms with Crippen LogP contribution in [0.25, 0.3) is 0 Å². The van der Waals surface area contributed by atoms with E-state index in [9.17, 15) is 18.0 Å². The van der Waals surface area contributed by atoms with Crippen molar-refractivity contribution in [3.8, 4) is 11.5 Å². The van der Waals surface area contributed by atoms with Crippen molar-refractivity contribution < 1.29 is 32.2 Å². The SMILES string of the molecule is CCOC(=O)Cc1ccc(NC(=O)COc2ccc(S(=O)(=O)Nc3ccc(OCC)cc3)cc2)cc1. The Hall–Kier alpha value is -4.05. The van der Waals surface area contributed by atoms with E-state index in [2.05, 4.69) is 10.0 Å². The molecule has 0 aliphatic rings. The largest absolute Gasteiger partial charge is 0.494 e. The molecule has 36 heavy (non-hydrogen) atoms. The second-order valence-electron chi connectivity index (χ2n) is 7.55. The summed E-state index contributed by atoms with van der Waals surface area (Å²) in [5.74, 6) is 0.294. The van der Waals surface area contributed by atoms with Crippen LogP contribution in [0.2, 0.25) is 0 Å². The van der Waals surface area contributed by atoms with E-state index in [1.165, 1.54) is 24.3 Å². The number of benzene rings is 3. The Morgan fingerprint density at radius 1 is 0.750 bits per heavy atom. The van der Waals surface area contributed by atoms with Crippen LogP contribution < -0.4 is 19.5 Å². The van der Waals surface area contributed by atoms with Gasteiger partial charge in [-0.3, -0.25) is 14.3 Å².